The number of aliphatic hydroxyl groups excluding tert-OH is 1. The van der Waals surface area contributed by atoms with Gasteiger partial charge in [0.25, 0.3) is 5.91 Å². The number of ether oxygens (including phenoxy) is 1. The molecule has 0 saturated heterocycles. The Morgan fingerprint density at radius 2 is 2.10 bits per heavy atom. The third-order valence-electron chi connectivity index (χ3n) is 2.87. The Morgan fingerprint density at radius 1 is 1.35 bits per heavy atom. The van der Waals surface area contributed by atoms with E-state index in [4.69, 9.17) is 9.84 Å². The van der Waals surface area contributed by atoms with Crippen LogP contribution < -0.4 is 4.74 Å². The van der Waals surface area contributed by atoms with E-state index in [1.807, 2.05) is 0 Å². The molecule has 2 aromatic rings. The third-order valence-corrected chi connectivity index (χ3v) is 2.87. The Kier molecular flexibility index (Phi) is 3.86. The Bertz CT molecular complexity index is 699. The number of aliphatic carboxylic acids is 1. The highest BCUT2D eigenvalue weighted by Gasteiger charge is 2.15. The van der Waals surface area contributed by atoms with E-state index in [2.05, 4.69) is 0 Å². The molecule has 2 N–H and O–H groups in total. The highest BCUT2D eigenvalue weighted by Crippen LogP contribution is 2.29. The molecule has 1 heterocycles. The Labute approximate surface area is 114 Å². The van der Waals surface area contributed by atoms with E-state index in [1.165, 1.54) is 17.9 Å². The molecule has 0 atom stereocenters. The van der Waals surface area contributed by atoms with Crippen LogP contribution in [0.1, 0.15) is 10.4 Å². The molecule has 0 aliphatic heterocycles. The Morgan fingerprint density at radius 3 is 2.70 bits per heavy atom. The summed E-state index contributed by atoms with van der Waals surface area (Å²) in [4.78, 5) is 22.5. The maximum atomic E-state index is 12.0. The number of carbonyl (C=O) groups excluding carboxylic acids is 1. The van der Waals surface area contributed by atoms with Gasteiger partial charge in [-0.25, -0.2) is 4.79 Å². The third kappa shape index (κ3) is 2.41. The fraction of sp³-hybridized carbons (Fsp3) is 0.143. The maximum absolute atomic E-state index is 12.0. The minimum Gasteiger partial charge on any atom is -0.495 e. The minimum absolute atomic E-state index is 0.230. The zero-order chi connectivity index (χ0) is 14.7. The standard InChI is InChI=1S/C14H13NO5/c1-20-11-4-2-3-10-9(8-16)7-15(14(10)11)12(17)5-6-13(18)19/h2-7,16H,8H2,1H3,(H,18,19)/b6-5+. The highest BCUT2D eigenvalue weighted by atomic mass is 16.5. The molecule has 1 aromatic carbocycles. The summed E-state index contributed by atoms with van der Waals surface area (Å²) in [5.41, 5.74) is 1.06. The lowest BCUT2D eigenvalue weighted by atomic mass is 10.2. The van der Waals surface area contributed by atoms with E-state index in [-0.39, 0.29) is 6.61 Å². The van der Waals surface area contributed by atoms with Crippen LogP contribution in [0.15, 0.2) is 36.5 Å². The summed E-state index contributed by atoms with van der Waals surface area (Å²) >= 11 is 0. The summed E-state index contributed by atoms with van der Waals surface area (Å²) < 4.78 is 6.47. The summed E-state index contributed by atoms with van der Waals surface area (Å²) in [6, 6.07) is 5.20. The first-order valence-electron chi connectivity index (χ1n) is 5.81. The molecule has 6 heteroatoms. The number of carbonyl (C=O) groups is 2. The monoisotopic (exact) mass is 275 g/mol. The first-order valence-corrected chi connectivity index (χ1v) is 5.81. The molecule has 0 amide bonds. The SMILES string of the molecule is COc1cccc2c(CO)cn(C(=O)/C=C/C(=O)O)c12. The van der Waals surface area contributed by atoms with Crippen molar-refractivity contribution in [1.82, 2.24) is 4.57 Å². The van der Waals surface area contributed by atoms with Gasteiger partial charge in [-0.15, -0.1) is 0 Å². The fourth-order valence-electron chi connectivity index (χ4n) is 2.01. The molecule has 0 saturated carbocycles. The van der Waals surface area contributed by atoms with E-state index in [0.717, 1.165) is 12.2 Å². The van der Waals surface area contributed by atoms with Gasteiger partial charge in [0.15, 0.2) is 0 Å². The van der Waals surface area contributed by atoms with Crippen LogP contribution in [0.3, 0.4) is 0 Å². The van der Waals surface area contributed by atoms with Crippen molar-refractivity contribution < 1.29 is 24.5 Å². The molecule has 0 spiro atoms. The second-order valence-corrected chi connectivity index (χ2v) is 4.05. The molecule has 0 aliphatic carbocycles. The number of nitrogens with zero attached hydrogens (tertiary/aromatic N) is 1. The number of rotatable bonds is 4. The van der Waals surface area contributed by atoms with Crippen molar-refractivity contribution in [3.8, 4) is 5.75 Å². The lowest BCUT2D eigenvalue weighted by Crippen LogP contribution is -2.07. The van der Waals surface area contributed by atoms with Crippen molar-refractivity contribution in [3.05, 3.63) is 42.1 Å². The number of benzene rings is 1. The molecule has 0 aliphatic rings. The molecule has 104 valence electrons. The number of para-hydroxylation sites is 1. The molecule has 6 nitrogen and oxygen atoms in total. The van der Waals surface area contributed by atoms with Gasteiger partial charge in [0, 0.05) is 29.3 Å². The maximum Gasteiger partial charge on any atom is 0.328 e. The van der Waals surface area contributed by atoms with Gasteiger partial charge in [-0.2, -0.15) is 0 Å². The average Bonchev–Trinajstić information content (AvgIpc) is 2.83. The number of allylic oxidation sites excluding steroid dienone is 1. The zero-order valence-corrected chi connectivity index (χ0v) is 10.7. The predicted octanol–water partition coefficient (Wildman–Crippen LogP) is 1.42. The summed E-state index contributed by atoms with van der Waals surface area (Å²) in [5, 5.41) is 18.6. The summed E-state index contributed by atoms with van der Waals surface area (Å²) in [5.74, 6) is -1.26. The second-order valence-electron chi connectivity index (χ2n) is 4.05. The van der Waals surface area contributed by atoms with Crippen molar-refractivity contribution in [2.45, 2.75) is 6.61 Å². The quantitative estimate of drug-likeness (QED) is 0.824. The van der Waals surface area contributed by atoms with Crippen LogP contribution in [-0.2, 0) is 11.4 Å². The predicted molar refractivity (Wildman–Crippen MR) is 71.8 cm³/mol. The summed E-state index contributed by atoms with van der Waals surface area (Å²) in [6.45, 7) is -0.230. The fourth-order valence-corrected chi connectivity index (χ4v) is 2.01. The zero-order valence-electron chi connectivity index (χ0n) is 10.7. The first-order chi connectivity index (χ1) is 9.58. The van der Waals surface area contributed by atoms with E-state index in [1.54, 1.807) is 18.2 Å². The first kappa shape index (κ1) is 13.8. The number of fused-ring (bicyclic) bond motifs is 1. The van der Waals surface area contributed by atoms with Crippen molar-refractivity contribution in [3.63, 3.8) is 0 Å². The van der Waals surface area contributed by atoms with Crippen LogP contribution in [-0.4, -0.2) is 33.8 Å². The van der Waals surface area contributed by atoms with E-state index < -0.39 is 11.9 Å². The molecular weight excluding hydrogens is 262 g/mol. The van der Waals surface area contributed by atoms with Gasteiger partial charge in [0.1, 0.15) is 5.75 Å². The molecule has 0 radical (unpaired) electrons. The van der Waals surface area contributed by atoms with Gasteiger partial charge in [-0.05, 0) is 6.07 Å². The lowest BCUT2D eigenvalue weighted by Gasteiger charge is -2.05. The van der Waals surface area contributed by atoms with Gasteiger partial charge in [0.2, 0.25) is 0 Å². The lowest BCUT2D eigenvalue weighted by molar-refractivity contribution is -0.131. The molecular formula is C14H13NO5. The number of hydrogen-bond acceptors (Lipinski definition) is 4. The van der Waals surface area contributed by atoms with Gasteiger partial charge >= 0.3 is 5.97 Å². The van der Waals surface area contributed by atoms with Crippen molar-refractivity contribution in [2.24, 2.45) is 0 Å². The minimum atomic E-state index is -1.20. The van der Waals surface area contributed by atoms with Crippen LogP contribution >= 0.6 is 0 Å². The van der Waals surface area contributed by atoms with Gasteiger partial charge < -0.3 is 14.9 Å². The molecule has 2 rings (SSSR count). The van der Waals surface area contributed by atoms with Gasteiger partial charge in [-0.1, -0.05) is 12.1 Å². The van der Waals surface area contributed by atoms with Crippen molar-refractivity contribution in [2.75, 3.05) is 7.11 Å². The highest BCUT2D eigenvalue weighted by molar-refractivity contribution is 6.03. The van der Waals surface area contributed by atoms with E-state index in [9.17, 15) is 14.7 Å². The topological polar surface area (TPSA) is 88.8 Å². The Balaban J connectivity index is 2.63. The molecule has 0 fully saturated rings. The Hall–Kier alpha value is -2.60. The van der Waals surface area contributed by atoms with E-state index >= 15 is 0 Å². The van der Waals surface area contributed by atoms with Crippen LogP contribution in [0.2, 0.25) is 0 Å². The van der Waals surface area contributed by atoms with Crippen LogP contribution in [0, 0.1) is 0 Å². The van der Waals surface area contributed by atoms with Gasteiger partial charge in [-0.3, -0.25) is 9.36 Å². The normalized spacial score (nSPS) is 11.1. The van der Waals surface area contributed by atoms with Crippen molar-refractivity contribution in [1.29, 1.82) is 0 Å². The number of hydrogen-bond donors (Lipinski definition) is 2. The number of methoxy groups -OCH3 is 1. The molecule has 20 heavy (non-hydrogen) atoms. The molecule has 1 aromatic heterocycles. The summed E-state index contributed by atoms with van der Waals surface area (Å²) in [6.07, 6.45) is 3.19. The molecule has 0 bridgehead atoms. The average molecular weight is 275 g/mol. The number of carboxylic acid groups (broad SMARTS) is 1. The number of aromatic nitrogens is 1. The van der Waals surface area contributed by atoms with Crippen LogP contribution in [0.4, 0.5) is 0 Å². The number of aliphatic hydroxyl groups is 1. The van der Waals surface area contributed by atoms with Crippen LogP contribution in [0.5, 0.6) is 5.75 Å². The van der Waals surface area contributed by atoms with Crippen molar-refractivity contribution >= 4 is 22.8 Å². The molecule has 0 unspecified atom stereocenters. The largest absolute Gasteiger partial charge is 0.495 e. The smallest absolute Gasteiger partial charge is 0.328 e. The number of carboxylic acids is 1. The van der Waals surface area contributed by atoms with Gasteiger partial charge in [0.05, 0.1) is 19.2 Å². The van der Waals surface area contributed by atoms with Crippen LogP contribution in [0.25, 0.3) is 10.9 Å². The van der Waals surface area contributed by atoms with E-state index in [0.29, 0.717) is 22.2 Å². The summed E-state index contributed by atoms with van der Waals surface area (Å²) in [7, 11) is 1.47. The second kappa shape index (κ2) is 5.58.